The van der Waals surface area contributed by atoms with E-state index in [-0.39, 0.29) is 17.3 Å². The van der Waals surface area contributed by atoms with Crippen molar-refractivity contribution >= 4 is 16.7 Å². The number of aryl methyl sites for hydroxylation is 1. The SMILES string of the molecule is CN1CCC1.COc1ccc(C)c(C(=O)NC2(c3cccc4cc(F)ccc34)CC2)c1. The van der Waals surface area contributed by atoms with E-state index < -0.39 is 0 Å². The lowest BCUT2D eigenvalue weighted by Crippen LogP contribution is -2.35. The highest BCUT2D eigenvalue weighted by atomic mass is 19.1. The maximum absolute atomic E-state index is 13.5. The molecule has 0 radical (unpaired) electrons. The summed E-state index contributed by atoms with van der Waals surface area (Å²) >= 11 is 0. The average Bonchev–Trinajstić information content (AvgIpc) is 3.52. The lowest BCUT2D eigenvalue weighted by Gasteiger charge is -2.24. The van der Waals surface area contributed by atoms with E-state index in [1.807, 2.05) is 37.3 Å². The minimum Gasteiger partial charge on any atom is -0.497 e. The van der Waals surface area contributed by atoms with Crippen molar-refractivity contribution in [3.05, 3.63) is 77.1 Å². The fourth-order valence-electron chi connectivity index (χ4n) is 3.99. The first-order chi connectivity index (χ1) is 14.9. The number of fused-ring (bicyclic) bond motifs is 1. The number of amides is 1. The highest BCUT2D eigenvalue weighted by Crippen LogP contribution is 2.48. The fourth-order valence-corrected chi connectivity index (χ4v) is 3.99. The average molecular weight is 421 g/mol. The van der Waals surface area contributed by atoms with Crippen LogP contribution in [-0.4, -0.2) is 38.1 Å². The number of nitrogens with zero attached hydrogens (tertiary/aromatic N) is 1. The van der Waals surface area contributed by atoms with E-state index >= 15 is 0 Å². The normalized spacial score (nSPS) is 16.6. The van der Waals surface area contributed by atoms with Gasteiger partial charge in [-0.25, -0.2) is 4.39 Å². The quantitative estimate of drug-likeness (QED) is 0.643. The predicted molar refractivity (Wildman–Crippen MR) is 122 cm³/mol. The molecule has 162 valence electrons. The Balaban J connectivity index is 0.000000407. The van der Waals surface area contributed by atoms with Crippen LogP contribution in [0.4, 0.5) is 4.39 Å². The number of likely N-dealkylation sites (tertiary alicyclic amines) is 1. The Labute approximate surface area is 183 Å². The van der Waals surface area contributed by atoms with Crippen LogP contribution in [-0.2, 0) is 5.54 Å². The molecule has 0 spiro atoms. The van der Waals surface area contributed by atoms with E-state index in [4.69, 9.17) is 4.74 Å². The van der Waals surface area contributed by atoms with Gasteiger partial charge in [-0.15, -0.1) is 0 Å². The van der Waals surface area contributed by atoms with Gasteiger partial charge in [-0.1, -0.05) is 30.3 Å². The molecule has 5 rings (SSSR count). The Morgan fingerprint density at radius 1 is 1.10 bits per heavy atom. The molecule has 3 aromatic rings. The smallest absolute Gasteiger partial charge is 0.252 e. The molecule has 1 aliphatic carbocycles. The third kappa shape index (κ3) is 4.57. The minimum atomic E-state index is -0.385. The second kappa shape index (κ2) is 8.67. The van der Waals surface area contributed by atoms with Crippen LogP contribution in [0.25, 0.3) is 10.8 Å². The zero-order chi connectivity index (χ0) is 22.0. The number of hydrogen-bond donors (Lipinski definition) is 1. The Kier molecular flexibility index (Phi) is 5.96. The molecule has 0 bridgehead atoms. The van der Waals surface area contributed by atoms with Crippen molar-refractivity contribution in [3.8, 4) is 5.75 Å². The molecular weight excluding hydrogens is 391 g/mol. The van der Waals surface area contributed by atoms with E-state index in [0.29, 0.717) is 11.3 Å². The monoisotopic (exact) mass is 420 g/mol. The second-order valence-corrected chi connectivity index (χ2v) is 8.54. The molecular formula is C26H29FN2O2. The van der Waals surface area contributed by atoms with Crippen LogP contribution in [0, 0.1) is 12.7 Å². The summed E-state index contributed by atoms with van der Waals surface area (Å²) in [5.41, 5.74) is 2.18. The lowest BCUT2D eigenvalue weighted by molar-refractivity contribution is 0.0930. The Morgan fingerprint density at radius 2 is 1.84 bits per heavy atom. The van der Waals surface area contributed by atoms with Crippen LogP contribution in [0.15, 0.2) is 54.6 Å². The molecule has 2 fully saturated rings. The molecule has 3 aromatic carbocycles. The molecule has 1 N–H and O–H groups in total. The molecule has 5 heteroatoms. The molecule has 1 heterocycles. The highest BCUT2D eigenvalue weighted by molar-refractivity contribution is 5.97. The number of benzene rings is 3. The van der Waals surface area contributed by atoms with Crippen molar-refractivity contribution in [2.24, 2.45) is 0 Å². The zero-order valence-electron chi connectivity index (χ0n) is 18.4. The van der Waals surface area contributed by atoms with E-state index in [9.17, 15) is 9.18 Å². The number of hydrogen-bond acceptors (Lipinski definition) is 3. The predicted octanol–water partition coefficient (Wildman–Crippen LogP) is 5.04. The summed E-state index contributed by atoms with van der Waals surface area (Å²) in [7, 11) is 3.73. The first-order valence-electron chi connectivity index (χ1n) is 10.8. The standard InChI is InChI=1S/C22H20FNO2.C4H9N/c1-14-6-8-17(26-2)13-19(14)21(25)24-22(10-11-22)20-5-3-4-15-12-16(23)7-9-18(15)20;1-5-3-2-4-5/h3-9,12-13H,10-11H2,1-2H3,(H,24,25);2-4H2,1H3. The molecule has 0 unspecified atom stereocenters. The number of methoxy groups -OCH3 is 1. The molecule has 1 saturated heterocycles. The van der Waals surface area contributed by atoms with Crippen molar-refractivity contribution in [2.75, 3.05) is 27.2 Å². The summed E-state index contributed by atoms with van der Waals surface area (Å²) in [6.07, 6.45) is 3.16. The Morgan fingerprint density at radius 3 is 2.45 bits per heavy atom. The largest absolute Gasteiger partial charge is 0.497 e. The van der Waals surface area contributed by atoms with Crippen LogP contribution >= 0.6 is 0 Å². The summed E-state index contributed by atoms with van der Waals surface area (Å²) in [6, 6.07) is 16.1. The Hall–Kier alpha value is -2.92. The van der Waals surface area contributed by atoms with Gasteiger partial charge >= 0.3 is 0 Å². The van der Waals surface area contributed by atoms with Crippen molar-refractivity contribution in [1.82, 2.24) is 10.2 Å². The highest BCUT2D eigenvalue weighted by Gasteiger charge is 2.46. The number of nitrogens with one attached hydrogen (secondary N) is 1. The van der Waals surface area contributed by atoms with Gasteiger partial charge in [0.25, 0.3) is 5.91 Å². The van der Waals surface area contributed by atoms with Crippen LogP contribution in [0.5, 0.6) is 5.75 Å². The number of carbonyl (C=O) groups is 1. The van der Waals surface area contributed by atoms with E-state index in [2.05, 4.69) is 17.3 Å². The van der Waals surface area contributed by atoms with Gasteiger partial charge < -0.3 is 15.0 Å². The van der Waals surface area contributed by atoms with Gasteiger partial charge in [0.05, 0.1) is 12.6 Å². The van der Waals surface area contributed by atoms with E-state index in [0.717, 1.165) is 34.7 Å². The summed E-state index contributed by atoms with van der Waals surface area (Å²) in [6.45, 7) is 4.55. The van der Waals surface area contributed by atoms with Crippen LogP contribution in [0.2, 0.25) is 0 Å². The summed E-state index contributed by atoms with van der Waals surface area (Å²) < 4.78 is 18.8. The molecule has 2 aliphatic rings. The van der Waals surface area contributed by atoms with E-state index in [1.54, 1.807) is 19.2 Å². The maximum Gasteiger partial charge on any atom is 0.252 e. The van der Waals surface area contributed by atoms with Gasteiger partial charge in [0, 0.05) is 5.56 Å². The molecule has 4 nitrogen and oxygen atoms in total. The number of halogens is 1. The van der Waals surface area contributed by atoms with E-state index in [1.165, 1.54) is 31.6 Å². The van der Waals surface area contributed by atoms with Crippen molar-refractivity contribution in [3.63, 3.8) is 0 Å². The third-order valence-electron chi connectivity index (χ3n) is 6.23. The second-order valence-electron chi connectivity index (χ2n) is 8.54. The number of ether oxygens (including phenoxy) is 1. The molecule has 1 saturated carbocycles. The third-order valence-corrected chi connectivity index (χ3v) is 6.23. The number of carbonyl (C=O) groups excluding carboxylic acids is 1. The molecule has 31 heavy (non-hydrogen) atoms. The van der Waals surface area contributed by atoms with Crippen molar-refractivity contribution in [2.45, 2.75) is 31.7 Å². The van der Waals surface area contributed by atoms with Crippen LogP contribution in [0.3, 0.4) is 0 Å². The summed E-state index contributed by atoms with van der Waals surface area (Å²) in [5.74, 6) is 0.291. The van der Waals surface area contributed by atoms with Crippen molar-refractivity contribution < 1.29 is 13.9 Å². The zero-order valence-corrected chi connectivity index (χ0v) is 18.4. The van der Waals surface area contributed by atoms with Gasteiger partial charge in [-0.2, -0.15) is 0 Å². The van der Waals surface area contributed by atoms with Gasteiger partial charge in [-0.3, -0.25) is 4.79 Å². The van der Waals surface area contributed by atoms with Gasteiger partial charge in [-0.05, 0) is 92.5 Å². The molecule has 1 aliphatic heterocycles. The van der Waals surface area contributed by atoms with Crippen molar-refractivity contribution in [1.29, 1.82) is 0 Å². The number of rotatable bonds is 4. The maximum atomic E-state index is 13.5. The van der Waals surface area contributed by atoms with Crippen LogP contribution < -0.4 is 10.1 Å². The fraction of sp³-hybridized carbons (Fsp3) is 0.346. The van der Waals surface area contributed by atoms with Gasteiger partial charge in [0.2, 0.25) is 0 Å². The summed E-state index contributed by atoms with van der Waals surface area (Å²) in [4.78, 5) is 15.2. The first kappa shape index (κ1) is 21.3. The molecule has 0 atom stereocenters. The topological polar surface area (TPSA) is 41.6 Å². The minimum absolute atomic E-state index is 0.113. The molecule has 1 amide bonds. The Bertz CT molecular complexity index is 1100. The van der Waals surface area contributed by atoms with Crippen LogP contribution in [0.1, 0.15) is 40.7 Å². The molecule has 0 aromatic heterocycles. The van der Waals surface area contributed by atoms with Gasteiger partial charge in [0.15, 0.2) is 0 Å². The summed E-state index contributed by atoms with van der Waals surface area (Å²) in [5, 5.41) is 5.04. The van der Waals surface area contributed by atoms with Gasteiger partial charge in [0.1, 0.15) is 11.6 Å². The lowest BCUT2D eigenvalue weighted by atomic mass is 9.96. The first-order valence-corrected chi connectivity index (χ1v) is 10.8.